The van der Waals surface area contributed by atoms with Crippen molar-refractivity contribution in [1.29, 1.82) is 0 Å². The van der Waals surface area contributed by atoms with Crippen LogP contribution in [-0.4, -0.2) is 30.5 Å². The minimum atomic E-state index is -2.80. The number of rotatable bonds is 4. The second-order valence-electron chi connectivity index (χ2n) is 7.43. The van der Waals surface area contributed by atoms with Crippen molar-refractivity contribution >= 4 is 21.6 Å². The summed E-state index contributed by atoms with van der Waals surface area (Å²) in [6, 6.07) is 9.20. The molecule has 2 aromatic carbocycles. The highest BCUT2D eigenvalue weighted by atomic mass is 79.9. The molecule has 3 rings (SSSR count). The molecule has 6 heteroatoms. The van der Waals surface area contributed by atoms with Crippen LogP contribution in [0.3, 0.4) is 0 Å². The fourth-order valence-electron chi connectivity index (χ4n) is 3.99. The molecule has 1 heterocycles. The summed E-state index contributed by atoms with van der Waals surface area (Å²) in [5, 5.41) is 0. The maximum Gasteiger partial charge on any atom is 0.257 e. The SMILES string of the molecule is COc1cc(Br)ccc1[C@@H]1c2ccc(N)c(C)c2C[C@@H](C)N1CC(C)(F)F. The predicted octanol–water partition coefficient (Wildman–Crippen LogP) is 5.34. The van der Waals surface area contributed by atoms with Crippen LogP contribution in [0, 0.1) is 6.92 Å². The third-order valence-electron chi connectivity index (χ3n) is 5.32. The van der Waals surface area contributed by atoms with Gasteiger partial charge in [-0.3, -0.25) is 4.90 Å². The molecule has 1 aliphatic rings. The van der Waals surface area contributed by atoms with E-state index in [9.17, 15) is 8.78 Å². The molecule has 0 fully saturated rings. The summed E-state index contributed by atoms with van der Waals surface area (Å²) < 4.78 is 34.5. The van der Waals surface area contributed by atoms with Crippen molar-refractivity contribution < 1.29 is 13.5 Å². The van der Waals surface area contributed by atoms with Crippen molar-refractivity contribution in [3.05, 3.63) is 57.1 Å². The fraction of sp³-hybridized carbons (Fsp3) is 0.429. The maximum atomic E-state index is 14.0. The molecule has 0 saturated carbocycles. The minimum Gasteiger partial charge on any atom is -0.496 e. The third kappa shape index (κ3) is 3.97. The van der Waals surface area contributed by atoms with Gasteiger partial charge in [0.25, 0.3) is 5.92 Å². The topological polar surface area (TPSA) is 38.5 Å². The molecule has 1 aliphatic heterocycles. The molecule has 2 N–H and O–H groups in total. The van der Waals surface area contributed by atoms with Crippen LogP contribution in [0.25, 0.3) is 0 Å². The first-order valence-electron chi connectivity index (χ1n) is 8.97. The Morgan fingerprint density at radius 1 is 1.26 bits per heavy atom. The Bertz CT molecular complexity index is 851. The van der Waals surface area contributed by atoms with E-state index in [2.05, 4.69) is 15.9 Å². The van der Waals surface area contributed by atoms with Gasteiger partial charge in [0.15, 0.2) is 0 Å². The molecule has 0 aromatic heterocycles. The Hall–Kier alpha value is -1.66. The first-order chi connectivity index (χ1) is 12.6. The number of fused-ring (bicyclic) bond motifs is 1. The number of nitrogens with zero attached hydrogens (tertiary/aromatic N) is 1. The van der Waals surface area contributed by atoms with E-state index < -0.39 is 5.92 Å². The number of ether oxygens (including phenoxy) is 1. The summed E-state index contributed by atoms with van der Waals surface area (Å²) in [7, 11) is 1.60. The maximum absolute atomic E-state index is 14.0. The summed E-state index contributed by atoms with van der Waals surface area (Å²) in [5.74, 6) is -2.12. The number of anilines is 1. The molecule has 2 atom stereocenters. The zero-order chi connectivity index (χ0) is 19.9. The Balaban J connectivity index is 2.23. The van der Waals surface area contributed by atoms with Gasteiger partial charge in [0, 0.05) is 28.7 Å². The molecule has 0 unspecified atom stereocenters. The summed E-state index contributed by atoms with van der Waals surface area (Å²) in [6.45, 7) is 4.65. The largest absolute Gasteiger partial charge is 0.496 e. The molecule has 0 bridgehead atoms. The van der Waals surface area contributed by atoms with E-state index in [1.807, 2.05) is 49.1 Å². The number of methoxy groups -OCH3 is 1. The highest BCUT2D eigenvalue weighted by molar-refractivity contribution is 9.10. The van der Waals surface area contributed by atoms with E-state index >= 15 is 0 Å². The molecule has 0 amide bonds. The van der Waals surface area contributed by atoms with Gasteiger partial charge in [-0.1, -0.05) is 28.1 Å². The van der Waals surface area contributed by atoms with Gasteiger partial charge in [-0.2, -0.15) is 0 Å². The highest BCUT2D eigenvalue weighted by Gasteiger charge is 2.39. The van der Waals surface area contributed by atoms with Crippen molar-refractivity contribution in [2.75, 3.05) is 19.4 Å². The summed E-state index contributed by atoms with van der Waals surface area (Å²) in [6.07, 6.45) is 0.692. The molecule has 3 nitrogen and oxygen atoms in total. The van der Waals surface area contributed by atoms with Gasteiger partial charge in [0.05, 0.1) is 19.7 Å². The Morgan fingerprint density at radius 2 is 1.93 bits per heavy atom. The first-order valence-corrected chi connectivity index (χ1v) is 9.76. The van der Waals surface area contributed by atoms with Gasteiger partial charge in [-0.25, -0.2) is 8.78 Å². The number of hydrogen-bond donors (Lipinski definition) is 1. The number of nitrogen functional groups attached to an aromatic ring is 1. The zero-order valence-corrected chi connectivity index (χ0v) is 17.6. The van der Waals surface area contributed by atoms with Gasteiger partial charge < -0.3 is 10.5 Å². The van der Waals surface area contributed by atoms with Gasteiger partial charge in [0.2, 0.25) is 0 Å². The summed E-state index contributed by atoms with van der Waals surface area (Å²) >= 11 is 3.46. The van der Waals surface area contributed by atoms with Crippen LogP contribution in [0.15, 0.2) is 34.8 Å². The van der Waals surface area contributed by atoms with Crippen molar-refractivity contribution in [2.24, 2.45) is 0 Å². The van der Waals surface area contributed by atoms with Gasteiger partial charge in [-0.05, 0) is 55.2 Å². The molecule has 0 spiro atoms. The fourth-order valence-corrected chi connectivity index (χ4v) is 4.33. The number of benzene rings is 2. The molecule has 0 radical (unpaired) electrons. The second-order valence-corrected chi connectivity index (χ2v) is 8.35. The number of alkyl halides is 2. The molecule has 2 aromatic rings. The molecule has 0 aliphatic carbocycles. The lowest BCUT2D eigenvalue weighted by Gasteiger charge is -2.44. The first kappa shape index (κ1) is 20.1. The van der Waals surface area contributed by atoms with Gasteiger partial charge >= 0.3 is 0 Å². The van der Waals surface area contributed by atoms with Crippen LogP contribution in [0.1, 0.15) is 42.1 Å². The lowest BCUT2D eigenvalue weighted by atomic mass is 9.82. The standard InChI is InChI=1S/C21H25BrF2N2O/c1-12-9-17-13(2)18(25)8-7-15(17)20(26(12)11-21(3,23)24)16-6-5-14(22)10-19(16)27-4/h5-8,10,12,20H,9,11,25H2,1-4H3/t12-,20+/m1/s1. The van der Waals surface area contributed by atoms with E-state index in [1.165, 1.54) is 0 Å². The quantitative estimate of drug-likeness (QED) is 0.654. The summed E-state index contributed by atoms with van der Waals surface area (Å²) in [4.78, 5) is 1.88. The van der Waals surface area contributed by atoms with E-state index in [-0.39, 0.29) is 18.6 Å². The molecular formula is C21H25BrF2N2O. The predicted molar refractivity (Wildman–Crippen MR) is 109 cm³/mol. The van der Waals surface area contributed by atoms with Gasteiger partial charge in [-0.15, -0.1) is 0 Å². The average molecular weight is 439 g/mol. The van der Waals surface area contributed by atoms with Crippen molar-refractivity contribution in [1.82, 2.24) is 4.90 Å². The van der Waals surface area contributed by atoms with Crippen molar-refractivity contribution in [3.63, 3.8) is 0 Å². The Morgan fingerprint density at radius 3 is 2.56 bits per heavy atom. The normalized spacial score (nSPS) is 20.4. The number of halogens is 3. The minimum absolute atomic E-state index is 0.0535. The van der Waals surface area contributed by atoms with Crippen LogP contribution in [0.5, 0.6) is 5.75 Å². The van der Waals surface area contributed by atoms with E-state index in [1.54, 1.807) is 7.11 Å². The van der Waals surface area contributed by atoms with Crippen LogP contribution in [-0.2, 0) is 6.42 Å². The Kier molecular flexibility index (Phi) is 5.50. The van der Waals surface area contributed by atoms with Crippen LogP contribution in [0.2, 0.25) is 0 Å². The summed E-state index contributed by atoms with van der Waals surface area (Å²) in [5.41, 5.74) is 10.9. The number of hydrogen-bond acceptors (Lipinski definition) is 3. The number of nitrogens with two attached hydrogens (primary N) is 1. The lowest BCUT2D eigenvalue weighted by Crippen LogP contribution is -2.47. The lowest BCUT2D eigenvalue weighted by molar-refractivity contribution is -0.0365. The zero-order valence-electron chi connectivity index (χ0n) is 16.0. The van der Waals surface area contributed by atoms with Crippen LogP contribution >= 0.6 is 15.9 Å². The third-order valence-corrected chi connectivity index (χ3v) is 5.81. The van der Waals surface area contributed by atoms with E-state index in [0.717, 1.165) is 39.3 Å². The van der Waals surface area contributed by atoms with E-state index in [4.69, 9.17) is 10.5 Å². The highest BCUT2D eigenvalue weighted by Crippen LogP contribution is 2.44. The van der Waals surface area contributed by atoms with E-state index in [0.29, 0.717) is 12.2 Å². The second kappa shape index (κ2) is 7.40. The molecular weight excluding hydrogens is 414 g/mol. The monoisotopic (exact) mass is 438 g/mol. The molecule has 146 valence electrons. The Labute approximate surface area is 167 Å². The molecule has 27 heavy (non-hydrogen) atoms. The molecule has 0 saturated heterocycles. The smallest absolute Gasteiger partial charge is 0.257 e. The van der Waals surface area contributed by atoms with Crippen LogP contribution < -0.4 is 10.5 Å². The van der Waals surface area contributed by atoms with Crippen molar-refractivity contribution in [3.8, 4) is 5.75 Å². The average Bonchev–Trinajstić information content (AvgIpc) is 2.59. The van der Waals surface area contributed by atoms with Crippen molar-refractivity contribution in [2.45, 2.75) is 45.2 Å². The van der Waals surface area contributed by atoms with Gasteiger partial charge in [0.1, 0.15) is 5.75 Å². The van der Waals surface area contributed by atoms with Crippen LogP contribution in [0.4, 0.5) is 14.5 Å².